The highest BCUT2D eigenvalue weighted by Gasteiger charge is 2.45. The Hall–Kier alpha value is -5.06. The number of hydrogen-bond donors (Lipinski definition) is 4. The predicted octanol–water partition coefficient (Wildman–Crippen LogP) is 3.84. The number of nitrogens with one attached hydrogen (secondary N) is 4. The molecule has 5 amide bonds. The largest absolute Gasteiger partial charge is 0.384 e. The number of hydrogen-bond acceptors (Lipinski definition) is 7. The minimum atomic E-state index is -0.985. The van der Waals surface area contributed by atoms with Gasteiger partial charge in [0, 0.05) is 65.8 Å². The van der Waals surface area contributed by atoms with Crippen LogP contribution in [0.3, 0.4) is 0 Å². The zero-order valence-electron chi connectivity index (χ0n) is 24.3. The lowest BCUT2D eigenvalue weighted by Gasteiger charge is -2.27. The zero-order valence-corrected chi connectivity index (χ0v) is 24.3. The molecule has 4 aromatic rings. The maximum atomic E-state index is 13.2. The molecule has 11 nitrogen and oxygen atoms in total. The monoisotopic (exact) mass is 594 g/mol. The lowest BCUT2D eigenvalue weighted by molar-refractivity contribution is -0.136. The molecule has 0 saturated carbocycles. The molecule has 11 heteroatoms. The number of anilines is 1. The van der Waals surface area contributed by atoms with Gasteiger partial charge in [-0.1, -0.05) is 31.0 Å². The van der Waals surface area contributed by atoms with Crippen molar-refractivity contribution in [2.24, 2.45) is 0 Å². The molecule has 0 aliphatic carbocycles. The van der Waals surface area contributed by atoms with Crippen molar-refractivity contribution in [1.82, 2.24) is 25.5 Å². The van der Waals surface area contributed by atoms with Crippen LogP contribution in [0.2, 0.25) is 0 Å². The van der Waals surface area contributed by atoms with Crippen LogP contribution in [0.4, 0.5) is 5.69 Å². The fourth-order valence-electron chi connectivity index (χ4n) is 6.01. The van der Waals surface area contributed by atoms with Crippen molar-refractivity contribution in [3.05, 3.63) is 71.5 Å². The van der Waals surface area contributed by atoms with Gasteiger partial charge >= 0.3 is 0 Å². The third kappa shape index (κ3) is 5.90. The Kier molecular flexibility index (Phi) is 8.36. The highest BCUT2D eigenvalue weighted by Crippen LogP contribution is 2.32. The Labute approximate surface area is 253 Å². The smallest absolute Gasteiger partial charge is 0.264 e. The topological polar surface area (TPSA) is 153 Å². The van der Waals surface area contributed by atoms with Gasteiger partial charge in [0.15, 0.2) is 0 Å². The second kappa shape index (κ2) is 12.7. The number of nitrogens with zero attached hydrogens (tertiary/aromatic N) is 2. The van der Waals surface area contributed by atoms with E-state index in [1.165, 1.54) is 0 Å². The highest BCUT2D eigenvalue weighted by molar-refractivity contribution is 6.25. The van der Waals surface area contributed by atoms with E-state index in [4.69, 9.17) is 0 Å². The van der Waals surface area contributed by atoms with Gasteiger partial charge in [-0.15, -0.1) is 0 Å². The molecule has 2 aromatic carbocycles. The fourth-order valence-corrected chi connectivity index (χ4v) is 6.01. The fraction of sp³-hybridized carbons (Fsp3) is 0.333. The summed E-state index contributed by atoms with van der Waals surface area (Å²) in [6.07, 6.45) is 8.54. The first-order valence-electron chi connectivity index (χ1n) is 15.1. The minimum absolute atomic E-state index is 0.0381. The number of H-pyrrole nitrogens is 1. The van der Waals surface area contributed by atoms with E-state index in [1.807, 2.05) is 12.3 Å². The third-order valence-electron chi connectivity index (χ3n) is 8.31. The summed E-state index contributed by atoms with van der Waals surface area (Å²) in [6.45, 7) is 1.24. The standard InChI is InChI=1S/C33H34N6O5/c40-28(12-9-20-8-10-21-23-19-34-17-14-24(23)37-26(21)18-20)36-16-4-2-1-3-15-35-25-7-5-6-22-30(25)33(44)39(32(22)43)27-11-13-29(41)38-31(27)42/h5-8,10,14,17-19,27,35,37H,1-4,9,11-13,15-16H2,(H,36,40)(H,38,41,42). The molecule has 4 N–H and O–H groups in total. The van der Waals surface area contributed by atoms with Crippen molar-refractivity contribution in [3.8, 4) is 0 Å². The first kappa shape index (κ1) is 29.0. The number of unbranched alkanes of at least 4 members (excludes halogenated alkanes) is 3. The average Bonchev–Trinajstić information content (AvgIpc) is 3.51. The highest BCUT2D eigenvalue weighted by atomic mass is 16.2. The molecule has 1 fully saturated rings. The number of pyridine rings is 1. The second-order valence-corrected chi connectivity index (χ2v) is 11.3. The number of imide groups is 2. The summed E-state index contributed by atoms with van der Waals surface area (Å²) in [6, 6.07) is 12.3. The van der Waals surface area contributed by atoms with Gasteiger partial charge in [0.05, 0.1) is 11.1 Å². The SMILES string of the molecule is O=C(CCc1ccc2c(c1)[nH]c1ccncc12)NCCCCCCNc1cccc2c1C(=O)N(C1CCC(=O)NC1=O)C2=O. The van der Waals surface area contributed by atoms with Gasteiger partial charge in [-0.05, 0) is 55.5 Å². The number of aromatic amines is 1. The molecule has 2 aliphatic heterocycles. The van der Waals surface area contributed by atoms with Gasteiger partial charge in [-0.25, -0.2) is 0 Å². The molecule has 1 atom stereocenters. The van der Waals surface area contributed by atoms with Gasteiger partial charge in [-0.2, -0.15) is 0 Å². The van der Waals surface area contributed by atoms with Crippen LogP contribution >= 0.6 is 0 Å². The third-order valence-corrected chi connectivity index (χ3v) is 8.31. The van der Waals surface area contributed by atoms with E-state index in [1.54, 1.807) is 24.4 Å². The molecule has 2 aliphatic rings. The molecule has 44 heavy (non-hydrogen) atoms. The molecular formula is C33H34N6O5. The number of rotatable bonds is 12. The van der Waals surface area contributed by atoms with E-state index in [-0.39, 0.29) is 29.9 Å². The van der Waals surface area contributed by atoms with Crippen molar-refractivity contribution >= 4 is 57.0 Å². The molecule has 0 spiro atoms. The molecule has 0 radical (unpaired) electrons. The number of carbonyl (C=O) groups is 5. The number of amides is 5. The Morgan fingerprint density at radius 1 is 0.932 bits per heavy atom. The number of benzene rings is 2. The Morgan fingerprint density at radius 2 is 1.77 bits per heavy atom. The van der Waals surface area contributed by atoms with E-state index in [0.29, 0.717) is 31.6 Å². The van der Waals surface area contributed by atoms with Crippen LogP contribution in [0.15, 0.2) is 54.9 Å². The molecule has 0 bridgehead atoms. The lowest BCUT2D eigenvalue weighted by atomic mass is 10.0. The Balaban J connectivity index is 0.894. The lowest BCUT2D eigenvalue weighted by Crippen LogP contribution is -2.54. The number of carbonyl (C=O) groups excluding carboxylic acids is 5. The normalized spacial score (nSPS) is 16.5. The summed E-state index contributed by atoms with van der Waals surface area (Å²) in [5.74, 6) is -2.02. The number of fused-ring (bicyclic) bond motifs is 4. The van der Waals surface area contributed by atoms with E-state index in [9.17, 15) is 24.0 Å². The molecular weight excluding hydrogens is 560 g/mol. The first-order valence-corrected chi connectivity index (χ1v) is 15.1. The summed E-state index contributed by atoms with van der Waals surface area (Å²) in [5, 5.41) is 10.7. The molecule has 226 valence electrons. The Bertz CT molecular complexity index is 1780. The van der Waals surface area contributed by atoms with E-state index in [2.05, 4.69) is 44.1 Å². The number of piperidine rings is 1. The summed E-state index contributed by atoms with van der Waals surface area (Å²) < 4.78 is 0. The van der Waals surface area contributed by atoms with E-state index >= 15 is 0 Å². The quantitative estimate of drug-likeness (QED) is 0.144. The summed E-state index contributed by atoms with van der Waals surface area (Å²) in [5.41, 5.74) is 4.29. The van der Waals surface area contributed by atoms with Crippen LogP contribution in [-0.4, -0.2) is 63.5 Å². The van der Waals surface area contributed by atoms with Crippen LogP contribution in [0.25, 0.3) is 21.8 Å². The summed E-state index contributed by atoms with van der Waals surface area (Å²) in [4.78, 5) is 71.0. The van der Waals surface area contributed by atoms with Gasteiger partial charge in [0.25, 0.3) is 11.8 Å². The van der Waals surface area contributed by atoms with E-state index in [0.717, 1.165) is 58.0 Å². The van der Waals surface area contributed by atoms with Crippen LogP contribution in [0.1, 0.15) is 71.2 Å². The molecule has 6 rings (SSSR count). The zero-order chi connectivity index (χ0) is 30.6. The predicted molar refractivity (Wildman–Crippen MR) is 165 cm³/mol. The van der Waals surface area contributed by atoms with Crippen LogP contribution in [-0.2, 0) is 20.8 Å². The summed E-state index contributed by atoms with van der Waals surface area (Å²) >= 11 is 0. The van der Waals surface area contributed by atoms with Crippen LogP contribution in [0.5, 0.6) is 0 Å². The maximum Gasteiger partial charge on any atom is 0.264 e. The first-order chi connectivity index (χ1) is 21.4. The average molecular weight is 595 g/mol. The second-order valence-electron chi connectivity index (χ2n) is 11.3. The Morgan fingerprint density at radius 3 is 2.61 bits per heavy atom. The van der Waals surface area contributed by atoms with Gasteiger partial charge in [-0.3, -0.25) is 39.2 Å². The van der Waals surface area contributed by atoms with Gasteiger partial charge in [0.1, 0.15) is 6.04 Å². The summed E-state index contributed by atoms with van der Waals surface area (Å²) in [7, 11) is 0. The van der Waals surface area contributed by atoms with E-state index < -0.39 is 29.7 Å². The van der Waals surface area contributed by atoms with Crippen molar-refractivity contribution < 1.29 is 24.0 Å². The van der Waals surface area contributed by atoms with Gasteiger partial charge in [0.2, 0.25) is 17.7 Å². The molecule has 1 unspecified atom stereocenters. The van der Waals surface area contributed by atoms with Crippen LogP contribution < -0.4 is 16.0 Å². The maximum absolute atomic E-state index is 13.2. The molecule has 1 saturated heterocycles. The molecule has 4 heterocycles. The van der Waals surface area contributed by atoms with Gasteiger partial charge < -0.3 is 15.6 Å². The van der Waals surface area contributed by atoms with Crippen LogP contribution in [0, 0.1) is 0 Å². The molecule has 2 aromatic heterocycles. The van der Waals surface area contributed by atoms with Crippen molar-refractivity contribution in [2.75, 3.05) is 18.4 Å². The number of aryl methyl sites for hydroxylation is 1. The van der Waals surface area contributed by atoms with Crippen molar-refractivity contribution in [1.29, 1.82) is 0 Å². The van der Waals surface area contributed by atoms with Crippen molar-refractivity contribution in [3.63, 3.8) is 0 Å². The van der Waals surface area contributed by atoms with Crippen molar-refractivity contribution in [2.45, 2.75) is 57.4 Å². The number of aromatic nitrogens is 2. The minimum Gasteiger partial charge on any atom is -0.384 e.